The first-order chi connectivity index (χ1) is 17.5. The highest BCUT2D eigenvalue weighted by Gasteiger charge is 2.28. The summed E-state index contributed by atoms with van der Waals surface area (Å²) in [6, 6.07) is 17.2. The number of nitrogens with zero attached hydrogens (tertiary/aromatic N) is 2. The van der Waals surface area contributed by atoms with Crippen molar-refractivity contribution in [2.45, 2.75) is 18.0 Å². The molecule has 5 rings (SSSR count). The number of hydrogen-bond acceptors (Lipinski definition) is 7. The summed E-state index contributed by atoms with van der Waals surface area (Å²) in [4.78, 5) is 16.8. The number of piperazine rings is 1. The van der Waals surface area contributed by atoms with E-state index in [1.807, 2.05) is 17.5 Å². The van der Waals surface area contributed by atoms with Crippen LogP contribution in [0.3, 0.4) is 0 Å². The van der Waals surface area contributed by atoms with Crippen molar-refractivity contribution in [3.63, 3.8) is 0 Å². The van der Waals surface area contributed by atoms with Gasteiger partial charge in [-0.15, -0.1) is 11.3 Å². The number of ether oxygens (including phenoxy) is 1. The molecule has 1 fully saturated rings. The maximum absolute atomic E-state index is 13.9. The Morgan fingerprint density at radius 3 is 2.56 bits per heavy atom. The predicted octanol–water partition coefficient (Wildman–Crippen LogP) is 3.28. The van der Waals surface area contributed by atoms with Crippen molar-refractivity contribution in [3.05, 3.63) is 82.2 Å². The van der Waals surface area contributed by atoms with Crippen LogP contribution in [0.1, 0.15) is 20.9 Å². The Morgan fingerprint density at radius 2 is 1.86 bits per heavy atom. The average molecular weight is 525 g/mol. The Morgan fingerprint density at radius 1 is 1.08 bits per heavy atom. The first-order valence-corrected chi connectivity index (χ1v) is 14.1. The van der Waals surface area contributed by atoms with E-state index in [4.69, 9.17) is 4.74 Å². The molecule has 8 nitrogen and oxygen atoms in total. The van der Waals surface area contributed by atoms with Gasteiger partial charge in [-0.1, -0.05) is 24.3 Å². The highest BCUT2D eigenvalue weighted by Crippen LogP contribution is 2.34. The summed E-state index contributed by atoms with van der Waals surface area (Å²) in [7, 11) is -2.44. The smallest absolute Gasteiger partial charge is 0.269 e. The molecule has 0 radical (unpaired) electrons. The topological polar surface area (TPSA) is 92.7 Å². The number of nitrogens with one attached hydrogen (secondary N) is 2. The van der Waals surface area contributed by atoms with Gasteiger partial charge in [0.25, 0.3) is 15.9 Å². The zero-order valence-corrected chi connectivity index (χ0v) is 21.6. The molecule has 0 bridgehead atoms. The van der Waals surface area contributed by atoms with Crippen molar-refractivity contribution in [2.24, 2.45) is 0 Å². The Bertz CT molecular complexity index is 1460. The van der Waals surface area contributed by atoms with E-state index in [0.29, 0.717) is 29.7 Å². The average Bonchev–Trinajstić information content (AvgIpc) is 3.57. The molecular weight excluding hydrogens is 496 g/mol. The number of carbonyl (C=O) groups is 1. The van der Waals surface area contributed by atoms with Crippen molar-refractivity contribution in [1.29, 1.82) is 0 Å². The molecule has 2 N–H and O–H groups in total. The number of aromatic nitrogens is 1. The van der Waals surface area contributed by atoms with Crippen LogP contribution in [0.25, 0.3) is 10.9 Å². The van der Waals surface area contributed by atoms with E-state index in [1.165, 1.54) is 15.3 Å². The van der Waals surface area contributed by atoms with Crippen LogP contribution in [0.2, 0.25) is 0 Å². The summed E-state index contributed by atoms with van der Waals surface area (Å²) in [5, 5.41) is 8.87. The zero-order chi connectivity index (χ0) is 25.1. The SMILES string of the molecule is COc1ccc2c(cc(C(=O)NCc3cccs3)n2S(=O)(=O)c2ccccc2)c1CN1CCNCC1. The van der Waals surface area contributed by atoms with E-state index >= 15 is 0 Å². The van der Waals surface area contributed by atoms with Gasteiger partial charge >= 0.3 is 0 Å². The molecule has 10 heteroatoms. The van der Waals surface area contributed by atoms with Crippen molar-refractivity contribution in [1.82, 2.24) is 19.5 Å². The number of amides is 1. The number of thiophene rings is 1. The van der Waals surface area contributed by atoms with Gasteiger partial charge in [-0.25, -0.2) is 12.4 Å². The Hall–Kier alpha value is -3.18. The van der Waals surface area contributed by atoms with Gasteiger partial charge in [-0.2, -0.15) is 0 Å². The summed E-state index contributed by atoms with van der Waals surface area (Å²) in [6.07, 6.45) is 0. The van der Waals surface area contributed by atoms with Crippen molar-refractivity contribution >= 4 is 38.2 Å². The third kappa shape index (κ3) is 4.77. The van der Waals surface area contributed by atoms with E-state index < -0.39 is 15.9 Å². The lowest BCUT2D eigenvalue weighted by Gasteiger charge is -2.28. The van der Waals surface area contributed by atoms with Crippen LogP contribution in [-0.4, -0.2) is 56.5 Å². The predicted molar refractivity (Wildman–Crippen MR) is 141 cm³/mol. The van der Waals surface area contributed by atoms with Crippen LogP contribution in [0, 0.1) is 0 Å². The zero-order valence-electron chi connectivity index (χ0n) is 19.9. The summed E-state index contributed by atoms with van der Waals surface area (Å²) < 4.78 is 34.6. The first-order valence-electron chi connectivity index (χ1n) is 11.7. The van der Waals surface area contributed by atoms with Crippen molar-refractivity contribution < 1.29 is 17.9 Å². The number of carbonyl (C=O) groups excluding carboxylic acids is 1. The monoisotopic (exact) mass is 524 g/mol. The molecular formula is C26H28N4O4S2. The van der Waals surface area contributed by atoms with E-state index in [2.05, 4.69) is 15.5 Å². The second-order valence-electron chi connectivity index (χ2n) is 8.58. The number of methoxy groups -OCH3 is 1. The lowest BCUT2D eigenvalue weighted by molar-refractivity contribution is 0.0945. The number of fused-ring (bicyclic) bond motifs is 1. The maximum atomic E-state index is 13.9. The second-order valence-corrected chi connectivity index (χ2v) is 11.4. The lowest BCUT2D eigenvalue weighted by Crippen LogP contribution is -2.42. The van der Waals surface area contributed by atoms with Gasteiger partial charge in [0, 0.05) is 48.6 Å². The van der Waals surface area contributed by atoms with Crippen LogP contribution >= 0.6 is 11.3 Å². The minimum atomic E-state index is -4.05. The Kier molecular flexibility index (Phi) is 7.10. The standard InChI is InChI=1S/C26H28N4O4S2/c1-34-25-10-9-23-21(22(25)18-29-13-11-27-12-14-29)16-24(26(31)28-17-19-6-5-15-35-19)30(23)36(32,33)20-7-3-2-4-8-20/h2-10,15-16,27H,11-14,17-18H2,1H3,(H,28,31). The number of rotatable bonds is 8. The Labute approximate surface area is 214 Å². The molecule has 188 valence electrons. The van der Waals surface area contributed by atoms with Crippen LogP contribution in [-0.2, 0) is 23.1 Å². The lowest BCUT2D eigenvalue weighted by atomic mass is 10.1. The van der Waals surface area contributed by atoms with E-state index in [-0.39, 0.29) is 10.6 Å². The third-order valence-corrected chi connectivity index (χ3v) is 8.96. The minimum Gasteiger partial charge on any atom is -0.496 e. The van der Waals surface area contributed by atoms with Crippen LogP contribution in [0.4, 0.5) is 0 Å². The summed E-state index contributed by atoms with van der Waals surface area (Å²) in [5.74, 6) is 0.215. The van der Waals surface area contributed by atoms with E-state index in [9.17, 15) is 13.2 Å². The maximum Gasteiger partial charge on any atom is 0.269 e. The van der Waals surface area contributed by atoms with Gasteiger partial charge in [0.15, 0.2) is 0 Å². The molecule has 3 heterocycles. The molecule has 0 unspecified atom stereocenters. The molecule has 0 spiro atoms. The fourth-order valence-corrected chi connectivity index (χ4v) is 6.70. The first kappa shape index (κ1) is 24.5. The highest BCUT2D eigenvalue weighted by molar-refractivity contribution is 7.90. The van der Waals surface area contributed by atoms with Gasteiger partial charge < -0.3 is 15.4 Å². The molecule has 4 aromatic rings. The molecule has 1 amide bonds. The summed E-state index contributed by atoms with van der Waals surface area (Å²) >= 11 is 1.53. The molecule has 0 saturated carbocycles. The molecule has 1 aliphatic heterocycles. The fourth-order valence-electron chi connectivity index (χ4n) is 4.53. The van der Waals surface area contributed by atoms with Gasteiger partial charge in [0.05, 0.1) is 24.1 Å². The van der Waals surface area contributed by atoms with Crippen molar-refractivity contribution in [2.75, 3.05) is 33.3 Å². The van der Waals surface area contributed by atoms with E-state index in [0.717, 1.165) is 36.6 Å². The highest BCUT2D eigenvalue weighted by atomic mass is 32.2. The van der Waals surface area contributed by atoms with Crippen LogP contribution in [0.5, 0.6) is 5.75 Å². The Balaban J connectivity index is 1.65. The van der Waals surface area contributed by atoms with Gasteiger partial charge in [0.2, 0.25) is 0 Å². The molecule has 1 aliphatic rings. The summed E-state index contributed by atoms with van der Waals surface area (Å²) in [5.41, 5.74) is 1.39. The summed E-state index contributed by atoms with van der Waals surface area (Å²) in [6.45, 7) is 4.43. The van der Waals surface area contributed by atoms with E-state index in [1.54, 1.807) is 55.6 Å². The third-order valence-electron chi connectivity index (χ3n) is 6.34. The number of hydrogen-bond donors (Lipinski definition) is 2. The van der Waals surface area contributed by atoms with Crippen molar-refractivity contribution in [3.8, 4) is 5.75 Å². The molecule has 0 atom stereocenters. The van der Waals surface area contributed by atoms with Crippen LogP contribution < -0.4 is 15.4 Å². The van der Waals surface area contributed by atoms with Gasteiger partial charge in [-0.05, 0) is 41.8 Å². The molecule has 2 aromatic heterocycles. The molecule has 2 aromatic carbocycles. The normalized spacial score (nSPS) is 14.7. The fraction of sp³-hybridized carbons (Fsp3) is 0.269. The van der Waals surface area contributed by atoms with Gasteiger partial charge in [0.1, 0.15) is 11.4 Å². The van der Waals surface area contributed by atoms with Crippen LogP contribution in [0.15, 0.2) is 70.9 Å². The minimum absolute atomic E-state index is 0.0697. The molecule has 1 saturated heterocycles. The largest absolute Gasteiger partial charge is 0.496 e. The molecule has 36 heavy (non-hydrogen) atoms. The van der Waals surface area contributed by atoms with Gasteiger partial charge in [-0.3, -0.25) is 9.69 Å². The quantitative estimate of drug-likeness (QED) is 0.368. The molecule has 0 aliphatic carbocycles. The second kappa shape index (κ2) is 10.4. The number of benzene rings is 2.